The van der Waals surface area contributed by atoms with Crippen LogP contribution >= 0.6 is 15.9 Å². The Balaban J connectivity index is 1.58. The number of nitrogens with one attached hydrogen (secondary N) is 1. The van der Waals surface area contributed by atoms with Gasteiger partial charge < -0.3 is 10.2 Å². The average molecular weight is 325 g/mol. The van der Waals surface area contributed by atoms with E-state index in [0.29, 0.717) is 6.04 Å². The number of nitrogens with zero attached hydrogens (tertiary/aromatic N) is 1. The van der Waals surface area contributed by atoms with Crippen LogP contribution in [-0.4, -0.2) is 37.1 Å². The summed E-state index contributed by atoms with van der Waals surface area (Å²) in [6.45, 7) is 7.30. The predicted molar refractivity (Wildman–Crippen MR) is 85.6 cm³/mol. The second-order valence-electron chi connectivity index (χ2n) is 5.59. The summed E-state index contributed by atoms with van der Waals surface area (Å²) in [4.78, 5) is 2.58. The van der Waals surface area contributed by atoms with Gasteiger partial charge in [0.1, 0.15) is 0 Å². The van der Waals surface area contributed by atoms with Gasteiger partial charge in [0, 0.05) is 10.5 Å². The molecule has 3 heteroatoms. The highest BCUT2D eigenvalue weighted by Crippen LogP contribution is 2.12. The molecule has 0 saturated carbocycles. The molecule has 1 aliphatic heterocycles. The Labute approximate surface area is 125 Å². The maximum Gasteiger partial charge on any atom is 0.0175 e. The van der Waals surface area contributed by atoms with E-state index in [4.69, 9.17) is 0 Å². The molecule has 1 atom stereocenters. The normalized spacial score (nSPS) is 17.8. The van der Waals surface area contributed by atoms with Gasteiger partial charge in [0.25, 0.3) is 0 Å². The van der Waals surface area contributed by atoms with Gasteiger partial charge in [0.15, 0.2) is 0 Å². The van der Waals surface area contributed by atoms with Crippen LogP contribution in [0.3, 0.4) is 0 Å². The summed E-state index contributed by atoms with van der Waals surface area (Å²) in [5.74, 6) is 0. The number of likely N-dealkylation sites (tertiary alicyclic amines) is 1. The van der Waals surface area contributed by atoms with Crippen molar-refractivity contribution in [1.82, 2.24) is 10.2 Å². The Hall–Kier alpha value is -0.380. The van der Waals surface area contributed by atoms with Crippen molar-refractivity contribution < 1.29 is 0 Å². The van der Waals surface area contributed by atoms with E-state index in [1.54, 1.807) is 0 Å². The van der Waals surface area contributed by atoms with E-state index in [9.17, 15) is 0 Å². The van der Waals surface area contributed by atoms with Crippen LogP contribution in [0.5, 0.6) is 0 Å². The van der Waals surface area contributed by atoms with Crippen molar-refractivity contribution in [3.05, 3.63) is 34.3 Å². The Kier molecular flexibility index (Phi) is 6.35. The second kappa shape index (κ2) is 8.03. The molecule has 1 heterocycles. The average Bonchev–Trinajstić information content (AvgIpc) is 2.91. The molecular weight excluding hydrogens is 300 g/mol. The summed E-state index contributed by atoms with van der Waals surface area (Å²) in [6.07, 6.45) is 5.17. The number of hydrogen-bond acceptors (Lipinski definition) is 2. The smallest absolute Gasteiger partial charge is 0.0175 e. The monoisotopic (exact) mass is 324 g/mol. The van der Waals surface area contributed by atoms with Gasteiger partial charge in [-0.2, -0.15) is 0 Å². The van der Waals surface area contributed by atoms with E-state index in [1.807, 2.05) is 0 Å². The third-order valence-electron chi connectivity index (χ3n) is 3.80. The molecule has 1 saturated heterocycles. The summed E-state index contributed by atoms with van der Waals surface area (Å²) >= 11 is 3.47. The Morgan fingerprint density at radius 3 is 2.58 bits per heavy atom. The Morgan fingerprint density at radius 2 is 1.89 bits per heavy atom. The van der Waals surface area contributed by atoms with E-state index in [0.717, 1.165) is 17.4 Å². The highest BCUT2D eigenvalue weighted by Gasteiger charge is 2.10. The molecule has 19 heavy (non-hydrogen) atoms. The summed E-state index contributed by atoms with van der Waals surface area (Å²) in [6, 6.07) is 9.20. The summed E-state index contributed by atoms with van der Waals surface area (Å²) < 4.78 is 1.16. The summed E-state index contributed by atoms with van der Waals surface area (Å²) in [7, 11) is 0. The first kappa shape index (κ1) is 15.0. The van der Waals surface area contributed by atoms with E-state index < -0.39 is 0 Å². The van der Waals surface area contributed by atoms with Crippen LogP contribution < -0.4 is 5.32 Å². The summed E-state index contributed by atoms with van der Waals surface area (Å²) in [5, 5.41) is 3.63. The van der Waals surface area contributed by atoms with Crippen molar-refractivity contribution in [1.29, 1.82) is 0 Å². The lowest BCUT2D eigenvalue weighted by Gasteiger charge is -2.17. The van der Waals surface area contributed by atoms with E-state index in [1.165, 1.54) is 44.5 Å². The molecule has 1 N–H and O–H groups in total. The van der Waals surface area contributed by atoms with Gasteiger partial charge in [-0.05, 0) is 76.5 Å². The van der Waals surface area contributed by atoms with Crippen molar-refractivity contribution in [2.75, 3.05) is 26.2 Å². The zero-order chi connectivity index (χ0) is 13.5. The molecule has 1 fully saturated rings. The van der Waals surface area contributed by atoms with Crippen LogP contribution in [0.4, 0.5) is 0 Å². The molecule has 1 aromatic rings. The van der Waals surface area contributed by atoms with Crippen LogP contribution in [0, 0.1) is 0 Å². The van der Waals surface area contributed by atoms with Crippen LogP contribution in [-0.2, 0) is 6.42 Å². The van der Waals surface area contributed by atoms with Crippen molar-refractivity contribution in [2.24, 2.45) is 0 Å². The first-order valence-electron chi connectivity index (χ1n) is 7.44. The second-order valence-corrected chi connectivity index (χ2v) is 6.50. The van der Waals surface area contributed by atoms with Crippen molar-refractivity contribution in [3.63, 3.8) is 0 Å². The number of halogens is 1. The molecule has 0 amide bonds. The Bertz CT molecular complexity index is 358. The van der Waals surface area contributed by atoms with Crippen LogP contribution in [0.25, 0.3) is 0 Å². The number of hydrogen-bond donors (Lipinski definition) is 1. The zero-order valence-electron chi connectivity index (χ0n) is 11.9. The van der Waals surface area contributed by atoms with E-state index >= 15 is 0 Å². The van der Waals surface area contributed by atoms with Gasteiger partial charge in [-0.1, -0.05) is 28.1 Å². The molecule has 0 aromatic heterocycles. The molecule has 2 nitrogen and oxygen atoms in total. The van der Waals surface area contributed by atoms with Crippen molar-refractivity contribution in [2.45, 2.75) is 38.6 Å². The standard InChI is InChI=1S/C16H25BrN2/c1-14(13-15-5-7-16(17)8-6-15)18-9-4-12-19-10-2-3-11-19/h5-8,14,18H,2-4,9-13H2,1H3. The SMILES string of the molecule is CC(Cc1ccc(Br)cc1)NCCCN1CCCC1. The van der Waals surface area contributed by atoms with Crippen LogP contribution in [0.1, 0.15) is 31.7 Å². The molecule has 0 radical (unpaired) electrons. The van der Waals surface area contributed by atoms with Crippen LogP contribution in [0.15, 0.2) is 28.7 Å². The first-order chi connectivity index (χ1) is 9.24. The Morgan fingerprint density at radius 1 is 1.21 bits per heavy atom. The first-order valence-corrected chi connectivity index (χ1v) is 8.23. The highest BCUT2D eigenvalue weighted by molar-refractivity contribution is 9.10. The third kappa shape index (κ3) is 5.64. The minimum atomic E-state index is 0.555. The lowest BCUT2D eigenvalue weighted by atomic mass is 10.1. The van der Waals surface area contributed by atoms with Gasteiger partial charge in [0.05, 0.1) is 0 Å². The molecule has 0 spiro atoms. The van der Waals surface area contributed by atoms with Crippen molar-refractivity contribution >= 4 is 15.9 Å². The number of benzene rings is 1. The van der Waals surface area contributed by atoms with Gasteiger partial charge in [0.2, 0.25) is 0 Å². The van der Waals surface area contributed by atoms with Gasteiger partial charge in [-0.15, -0.1) is 0 Å². The third-order valence-corrected chi connectivity index (χ3v) is 4.33. The molecule has 1 aromatic carbocycles. The molecule has 1 aliphatic rings. The lowest BCUT2D eigenvalue weighted by molar-refractivity contribution is 0.328. The van der Waals surface area contributed by atoms with Gasteiger partial charge in [-0.3, -0.25) is 0 Å². The maximum atomic E-state index is 3.63. The molecule has 0 aliphatic carbocycles. The predicted octanol–water partition coefficient (Wildman–Crippen LogP) is 3.46. The van der Waals surface area contributed by atoms with Crippen molar-refractivity contribution in [3.8, 4) is 0 Å². The molecule has 0 bridgehead atoms. The molecule has 2 rings (SSSR count). The zero-order valence-corrected chi connectivity index (χ0v) is 13.5. The fourth-order valence-electron chi connectivity index (χ4n) is 2.70. The fraction of sp³-hybridized carbons (Fsp3) is 0.625. The van der Waals surface area contributed by atoms with E-state index in [-0.39, 0.29) is 0 Å². The lowest BCUT2D eigenvalue weighted by Crippen LogP contribution is -2.31. The fourth-order valence-corrected chi connectivity index (χ4v) is 2.97. The topological polar surface area (TPSA) is 15.3 Å². The molecule has 1 unspecified atom stereocenters. The minimum absolute atomic E-state index is 0.555. The quantitative estimate of drug-likeness (QED) is 0.773. The highest BCUT2D eigenvalue weighted by atomic mass is 79.9. The largest absolute Gasteiger partial charge is 0.314 e. The maximum absolute atomic E-state index is 3.63. The molecule has 106 valence electrons. The van der Waals surface area contributed by atoms with Gasteiger partial charge >= 0.3 is 0 Å². The number of rotatable bonds is 7. The molecular formula is C16H25BrN2. The van der Waals surface area contributed by atoms with E-state index in [2.05, 4.69) is 57.3 Å². The van der Waals surface area contributed by atoms with Crippen LogP contribution in [0.2, 0.25) is 0 Å². The minimum Gasteiger partial charge on any atom is -0.314 e. The summed E-state index contributed by atoms with van der Waals surface area (Å²) in [5.41, 5.74) is 1.41. The van der Waals surface area contributed by atoms with Gasteiger partial charge in [-0.25, -0.2) is 0 Å².